The van der Waals surface area contributed by atoms with Crippen molar-refractivity contribution >= 4 is 5.91 Å². The molecule has 2 aliphatic heterocycles. The first-order valence-electron chi connectivity index (χ1n) is 7.49. The number of hydrogen-bond acceptors (Lipinski definition) is 2. The van der Waals surface area contributed by atoms with Gasteiger partial charge in [0.05, 0.1) is 0 Å². The van der Waals surface area contributed by atoms with Crippen LogP contribution in [0, 0.1) is 11.3 Å². The minimum Gasteiger partial charge on any atom is -0.343 e. The zero-order valence-corrected chi connectivity index (χ0v) is 12.2. The Morgan fingerprint density at radius 1 is 1.22 bits per heavy atom. The number of rotatable bonds is 4. The van der Waals surface area contributed by atoms with Crippen molar-refractivity contribution in [2.24, 2.45) is 11.3 Å². The maximum atomic E-state index is 11.3. The van der Waals surface area contributed by atoms with Crippen LogP contribution in [0.3, 0.4) is 0 Å². The highest BCUT2D eigenvalue weighted by molar-refractivity contribution is 5.73. The van der Waals surface area contributed by atoms with Crippen LogP contribution in [-0.2, 0) is 4.79 Å². The van der Waals surface area contributed by atoms with Gasteiger partial charge in [0.25, 0.3) is 0 Å². The first-order valence-corrected chi connectivity index (χ1v) is 7.49. The maximum absolute atomic E-state index is 11.3. The van der Waals surface area contributed by atoms with E-state index < -0.39 is 0 Å². The molecule has 0 bridgehead atoms. The number of amides is 1. The molecule has 0 aromatic carbocycles. The molecule has 3 heteroatoms. The summed E-state index contributed by atoms with van der Waals surface area (Å²) in [7, 11) is 0. The molecule has 2 heterocycles. The number of carbonyl (C=O) groups is 1. The van der Waals surface area contributed by atoms with Crippen LogP contribution in [0.1, 0.15) is 46.5 Å². The predicted molar refractivity (Wildman–Crippen MR) is 74.4 cm³/mol. The molecule has 2 saturated heterocycles. The molecule has 104 valence electrons. The van der Waals surface area contributed by atoms with Crippen LogP contribution < -0.4 is 0 Å². The van der Waals surface area contributed by atoms with Crippen LogP contribution in [0.4, 0.5) is 0 Å². The van der Waals surface area contributed by atoms with Gasteiger partial charge in [0.1, 0.15) is 0 Å². The molecule has 18 heavy (non-hydrogen) atoms. The third-order valence-corrected chi connectivity index (χ3v) is 4.64. The number of likely N-dealkylation sites (tertiary alicyclic amines) is 2. The Labute approximate surface area is 112 Å². The fraction of sp³-hybridized carbons (Fsp3) is 0.933. The fourth-order valence-corrected chi connectivity index (χ4v) is 3.40. The number of hydrogen-bond donors (Lipinski definition) is 0. The largest absolute Gasteiger partial charge is 0.343 e. The molecule has 1 spiro atoms. The number of nitrogens with zero attached hydrogens (tertiary/aromatic N) is 2. The van der Waals surface area contributed by atoms with E-state index in [9.17, 15) is 4.79 Å². The van der Waals surface area contributed by atoms with E-state index in [0.29, 0.717) is 5.41 Å². The SMILES string of the molecule is CC(=O)N1CCC2(CC1)CN(CCCC(C)C)C2. The summed E-state index contributed by atoms with van der Waals surface area (Å²) in [5, 5.41) is 0. The predicted octanol–water partition coefficient (Wildman–Crippen LogP) is 2.37. The average Bonchev–Trinajstić information content (AvgIpc) is 2.27. The topological polar surface area (TPSA) is 23.6 Å². The van der Waals surface area contributed by atoms with Crippen LogP contribution in [-0.4, -0.2) is 48.4 Å². The van der Waals surface area contributed by atoms with Crippen molar-refractivity contribution in [3.05, 3.63) is 0 Å². The van der Waals surface area contributed by atoms with Gasteiger partial charge in [-0.1, -0.05) is 13.8 Å². The quantitative estimate of drug-likeness (QED) is 0.767. The molecule has 0 aromatic heterocycles. The Balaban J connectivity index is 1.65. The molecule has 2 rings (SSSR count). The molecule has 0 aromatic rings. The number of piperidine rings is 1. The number of carbonyl (C=O) groups excluding carboxylic acids is 1. The van der Waals surface area contributed by atoms with Gasteiger partial charge >= 0.3 is 0 Å². The van der Waals surface area contributed by atoms with Crippen molar-refractivity contribution in [3.8, 4) is 0 Å². The molecule has 0 saturated carbocycles. The van der Waals surface area contributed by atoms with E-state index >= 15 is 0 Å². The summed E-state index contributed by atoms with van der Waals surface area (Å²) in [6.45, 7) is 12.1. The molecule has 0 unspecified atom stereocenters. The first-order chi connectivity index (χ1) is 8.51. The van der Waals surface area contributed by atoms with E-state index in [2.05, 4.69) is 18.7 Å². The average molecular weight is 252 g/mol. The Kier molecular flexibility index (Phi) is 4.31. The van der Waals surface area contributed by atoms with Gasteiger partial charge in [0, 0.05) is 33.1 Å². The van der Waals surface area contributed by atoms with Gasteiger partial charge in [-0.15, -0.1) is 0 Å². The summed E-state index contributed by atoms with van der Waals surface area (Å²) in [6.07, 6.45) is 5.12. The molecule has 0 radical (unpaired) electrons. The minimum absolute atomic E-state index is 0.248. The molecule has 2 fully saturated rings. The summed E-state index contributed by atoms with van der Waals surface area (Å²) in [6, 6.07) is 0. The van der Waals surface area contributed by atoms with Crippen molar-refractivity contribution in [2.45, 2.75) is 46.5 Å². The highest BCUT2D eigenvalue weighted by Crippen LogP contribution is 2.40. The van der Waals surface area contributed by atoms with Crippen molar-refractivity contribution in [1.82, 2.24) is 9.80 Å². The lowest BCUT2D eigenvalue weighted by Crippen LogP contribution is -2.60. The normalized spacial score (nSPS) is 23.4. The lowest BCUT2D eigenvalue weighted by molar-refractivity contribution is -0.133. The Morgan fingerprint density at radius 2 is 1.83 bits per heavy atom. The highest BCUT2D eigenvalue weighted by atomic mass is 16.2. The molecule has 1 amide bonds. The van der Waals surface area contributed by atoms with Crippen LogP contribution >= 0.6 is 0 Å². The van der Waals surface area contributed by atoms with Crippen molar-refractivity contribution in [3.63, 3.8) is 0 Å². The summed E-state index contributed by atoms with van der Waals surface area (Å²) in [5.74, 6) is 1.08. The monoisotopic (exact) mass is 252 g/mol. The van der Waals surface area contributed by atoms with Gasteiger partial charge in [-0.2, -0.15) is 0 Å². The molecule has 0 aliphatic carbocycles. The van der Waals surface area contributed by atoms with E-state index in [-0.39, 0.29) is 5.91 Å². The smallest absolute Gasteiger partial charge is 0.219 e. The second kappa shape index (κ2) is 5.60. The first kappa shape index (κ1) is 13.9. The molecule has 0 atom stereocenters. The maximum Gasteiger partial charge on any atom is 0.219 e. The highest BCUT2D eigenvalue weighted by Gasteiger charge is 2.44. The minimum atomic E-state index is 0.248. The zero-order chi connectivity index (χ0) is 13.2. The van der Waals surface area contributed by atoms with E-state index in [1.807, 2.05) is 4.90 Å². The van der Waals surface area contributed by atoms with E-state index in [1.54, 1.807) is 6.92 Å². The standard InChI is InChI=1S/C15H28N2O/c1-13(2)5-4-8-16-11-15(12-16)6-9-17(10-7-15)14(3)18/h13H,4-12H2,1-3H3. The van der Waals surface area contributed by atoms with Crippen molar-refractivity contribution in [1.29, 1.82) is 0 Å². The summed E-state index contributed by atoms with van der Waals surface area (Å²) in [5.41, 5.74) is 0.559. The third-order valence-electron chi connectivity index (χ3n) is 4.64. The Bertz CT molecular complexity index is 285. The lowest BCUT2D eigenvalue weighted by atomic mass is 9.72. The second-order valence-electron chi connectivity index (χ2n) is 6.75. The summed E-state index contributed by atoms with van der Waals surface area (Å²) in [4.78, 5) is 15.9. The van der Waals surface area contributed by atoms with Gasteiger partial charge < -0.3 is 9.80 Å². The molecule has 0 N–H and O–H groups in total. The molecular weight excluding hydrogens is 224 g/mol. The molecule has 2 aliphatic rings. The molecule has 3 nitrogen and oxygen atoms in total. The van der Waals surface area contributed by atoms with Crippen LogP contribution in [0.5, 0.6) is 0 Å². The fourth-order valence-electron chi connectivity index (χ4n) is 3.40. The van der Waals surface area contributed by atoms with Crippen LogP contribution in [0.2, 0.25) is 0 Å². The van der Waals surface area contributed by atoms with Crippen molar-refractivity contribution in [2.75, 3.05) is 32.7 Å². The summed E-state index contributed by atoms with van der Waals surface area (Å²) >= 11 is 0. The van der Waals surface area contributed by atoms with Crippen LogP contribution in [0.25, 0.3) is 0 Å². The third kappa shape index (κ3) is 3.25. The Hall–Kier alpha value is -0.570. The van der Waals surface area contributed by atoms with Crippen LogP contribution in [0.15, 0.2) is 0 Å². The Morgan fingerprint density at radius 3 is 2.33 bits per heavy atom. The zero-order valence-electron chi connectivity index (χ0n) is 12.2. The van der Waals surface area contributed by atoms with E-state index in [4.69, 9.17) is 0 Å². The van der Waals surface area contributed by atoms with Gasteiger partial charge in [0.2, 0.25) is 5.91 Å². The van der Waals surface area contributed by atoms with Gasteiger partial charge in [-0.25, -0.2) is 0 Å². The van der Waals surface area contributed by atoms with E-state index in [1.165, 1.54) is 45.3 Å². The lowest BCUT2D eigenvalue weighted by Gasteiger charge is -2.54. The van der Waals surface area contributed by atoms with Gasteiger partial charge in [-0.3, -0.25) is 4.79 Å². The second-order valence-corrected chi connectivity index (χ2v) is 6.75. The van der Waals surface area contributed by atoms with Gasteiger partial charge in [-0.05, 0) is 43.6 Å². The van der Waals surface area contributed by atoms with Gasteiger partial charge in [0.15, 0.2) is 0 Å². The van der Waals surface area contributed by atoms with E-state index in [0.717, 1.165) is 19.0 Å². The van der Waals surface area contributed by atoms with Crippen molar-refractivity contribution < 1.29 is 4.79 Å². The molecular formula is C15H28N2O. The summed E-state index contributed by atoms with van der Waals surface area (Å²) < 4.78 is 0.